The van der Waals surface area contributed by atoms with E-state index in [0.717, 1.165) is 41.7 Å². The first-order valence-corrected chi connectivity index (χ1v) is 8.80. The fourth-order valence-electron chi connectivity index (χ4n) is 3.00. The summed E-state index contributed by atoms with van der Waals surface area (Å²) >= 11 is 0. The van der Waals surface area contributed by atoms with E-state index in [4.69, 9.17) is 0 Å². The van der Waals surface area contributed by atoms with Gasteiger partial charge in [-0.1, -0.05) is 43.3 Å². The maximum Gasteiger partial charge on any atom is 0.226 e. The number of aromatic nitrogens is 1. The first-order valence-electron chi connectivity index (χ1n) is 8.80. The molecule has 3 N–H and O–H groups in total. The molecule has 3 aromatic rings. The largest absolute Gasteiger partial charge is 0.381 e. The molecule has 1 heterocycles. The van der Waals surface area contributed by atoms with Crippen molar-refractivity contribution < 1.29 is 4.79 Å². The number of rotatable bonds is 6. The first kappa shape index (κ1) is 15.8. The Morgan fingerprint density at radius 1 is 1.08 bits per heavy atom. The van der Waals surface area contributed by atoms with Crippen molar-refractivity contribution in [1.29, 1.82) is 0 Å². The average molecular weight is 333 g/mol. The van der Waals surface area contributed by atoms with Gasteiger partial charge in [0, 0.05) is 28.9 Å². The van der Waals surface area contributed by atoms with E-state index in [1.807, 2.05) is 25.1 Å². The molecule has 0 aliphatic heterocycles. The lowest BCUT2D eigenvalue weighted by Crippen LogP contribution is -2.29. The van der Waals surface area contributed by atoms with Gasteiger partial charge in [0.1, 0.15) is 0 Å². The molecule has 1 fully saturated rings. The van der Waals surface area contributed by atoms with E-state index < -0.39 is 0 Å². The molecule has 0 saturated heterocycles. The minimum atomic E-state index is -0.124. The molecule has 0 unspecified atom stereocenters. The Balaban J connectivity index is 1.41. The van der Waals surface area contributed by atoms with Crippen LogP contribution in [0.2, 0.25) is 0 Å². The van der Waals surface area contributed by atoms with Crippen LogP contribution in [-0.2, 0) is 17.9 Å². The molecule has 0 radical (unpaired) electrons. The Morgan fingerprint density at radius 2 is 1.88 bits per heavy atom. The third-order valence-electron chi connectivity index (χ3n) is 5.01. The molecule has 2 aromatic carbocycles. The molecule has 4 nitrogen and oxygen atoms in total. The van der Waals surface area contributed by atoms with Gasteiger partial charge in [0.25, 0.3) is 0 Å². The summed E-state index contributed by atoms with van der Waals surface area (Å²) in [5.41, 5.74) is 4.33. The van der Waals surface area contributed by atoms with Crippen LogP contribution >= 0.6 is 0 Å². The van der Waals surface area contributed by atoms with Crippen LogP contribution in [0, 0.1) is 5.41 Å². The number of H-pyrrole nitrogens is 1. The van der Waals surface area contributed by atoms with Gasteiger partial charge in [-0.3, -0.25) is 4.79 Å². The lowest BCUT2D eigenvalue weighted by atomic mass is 10.1. The van der Waals surface area contributed by atoms with Crippen molar-refractivity contribution in [3.63, 3.8) is 0 Å². The van der Waals surface area contributed by atoms with E-state index in [1.165, 1.54) is 5.56 Å². The summed E-state index contributed by atoms with van der Waals surface area (Å²) in [7, 11) is 0. The van der Waals surface area contributed by atoms with Gasteiger partial charge in [-0.2, -0.15) is 0 Å². The first-order chi connectivity index (χ1) is 12.1. The smallest absolute Gasteiger partial charge is 0.226 e. The Bertz CT molecular complexity index is 894. The third-order valence-corrected chi connectivity index (χ3v) is 5.01. The van der Waals surface area contributed by atoms with Crippen LogP contribution < -0.4 is 10.6 Å². The maximum atomic E-state index is 12.1. The van der Waals surface area contributed by atoms with Crippen molar-refractivity contribution in [3.05, 3.63) is 65.9 Å². The quantitative estimate of drug-likeness (QED) is 0.633. The van der Waals surface area contributed by atoms with Crippen molar-refractivity contribution in [2.45, 2.75) is 32.9 Å². The van der Waals surface area contributed by atoms with Gasteiger partial charge in [-0.25, -0.2) is 0 Å². The topological polar surface area (TPSA) is 56.9 Å². The lowest BCUT2D eigenvalue weighted by molar-refractivity contribution is -0.125. The summed E-state index contributed by atoms with van der Waals surface area (Å²) in [6.45, 7) is 3.38. The molecule has 25 heavy (non-hydrogen) atoms. The molecule has 1 saturated carbocycles. The van der Waals surface area contributed by atoms with E-state index in [2.05, 4.69) is 52.0 Å². The van der Waals surface area contributed by atoms with E-state index in [-0.39, 0.29) is 11.3 Å². The van der Waals surface area contributed by atoms with Gasteiger partial charge < -0.3 is 15.6 Å². The van der Waals surface area contributed by atoms with Crippen molar-refractivity contribution in [1.82, 2.24) is 10.3 Å². The second-order valence-electron chi connectivity index (χ2n) is 7.18. The fourth-order valence-corrected chi connectivity index (χ4v) is 3.00. The molecule has 1 aromatic heterocycles. The molecule has 0 atom stereocenters. The van der Waals surface area contributed by atoms with Gasteiger partial charge in [0.05, 0.1) is 6.54 Å². The van der Waals surface area contributed by atoms with E-state index in [1.54, 1.807) is 0 Å². The number of hydrogen-bond acceptors (Lipinski definition) is 2. The number of carbonyl (C=O) groups is 1. The van der Waals surface area contributed by atoms with Crippen molar-refractivity contribution in [2.75, 3.05) is 5.32 Å². The van der Waals surface area contributed by atoms with Crippen LogP contribution in [0.25, 0.3) is 10.9 Å². The predicted octanol–water partition coefficient (Wildman–Crippen LogP) is 4.20. The SMILES string of the molecule is CC1(C(=O)NCc2cc3ccc(NCc4ccccc4)cc3[nH]2)CC1. The van der Waals surface area contributed by atoms with Gasteiger partial charge >= 0.3 is 0 Å². The molecule has 0 spiro atoms. The molecule has 4 rings (SSSR count). The van der Waals surface area contributed by atoms with Gasteiger partial charge in [0.15, 0.2) is 0 Å². The minimum Gasteiger partial charge on any atom is -0.381 e. The van der Waals surface area contributed by atoms with E-state index in [9.17, 15) is 4.79 Å². The zero-order valence-electron chi connectivity index (χ0n) is 14.4. The highest BCUT2D eigenvalue weighted by atomic mass is 16.2. The number of amides is 1. The van der Waals surface area contributed by atoms with Crippen molar-refractivity contribution in [2.24, 2.45) is 5.41 Å². The summed E-state index contributed by atoms with van der Waals surface area (Å²) in [6, 6.07) is 18.8. The molecule has 1 aliphatic rings. The van der Waals surface area contributed by atoms with E-state index in [0.29, 0.717) is 6.54 Å². The highest BCUT2D eigenvalue weighted by molar-refractivity contribution is 5.86. The van der Waals surface area contributed by atoms with Crippen LogP contribution in [0.1, 0.15) is 31.0 Å². The Hall–Kier alpha value is -2.75. The lowest BCUT2D eigenvalue weighted by Gasteiger charge is -2.08. The highest BCUT2D eigenvalue weighted by Crippen LogP contribution is 2.45. The third kappa shape index (κ3) is 3.53. The average Bonchev–Trinajstić information content (AvgIpc) is 3.26. The summed E-state index contributed by atoms with van der Waals surface area (Å²) in [6.07, 6.45) is 2.00. The number of anilines is 1. The predicted molar refractivity (Wildman–Crippen MR) is 101 cm³/mol. The molecule has 0 bridgehead atoms. The number of aromatic amines is 1. The zero-order chi connectivity index (χ0) is 17.3. The van der Waals surface area contributed by atoms with Crippen LogP contribution in [0.4, 0.5) is 5.69 Å². The van der Waals surface area contributed by atoms with Gasteiger partial charge in [0.2, 0.25) is 5.91 Å². The minimum absolute atomic E-state index is 0.124. The molecule has 128 valence electrons. The van der Waals surface area contributed by atoms with Crippen LogP contribution in [0.15, 0.2) is 54.6 Å². The highest BCUT2D eigenvalue weighted by Gasteiger charge is 2.44. The van der Waals surface area contributed by atoms with Crippen molar-refractivity contribution in [3.8, 4) is 0 Å². The summed E-state index contributed by atoms with van der Waals surface area (Å²) < 4.78 is 0. The molecule has 4 heteroatoms. The molecular weight excluding hydrogens is 310 g/mol. The number of hydrogen-bond donors (Lipinski definition) is 3. The van der Waals surface area contributed by atoms with Gasteiger partial charge in [-0.05, 0) is 42.0 Å². The second-order valence-corrected chi connectivity index (χ2v) is 7.18. The van der Waals surface area contributed by atoms with Crippen LogP contribution in [0.3, 0.4) is 0 Å². The Morgan fingerprint density at radius 3 is 2.64 bits per heavy atom. The monoisotopic (exact) mass is 333 g/mol. The standard InChI is InChI=1S/C21H23N3O/c1-21(9-10-21)20(25)23-14-18-11-16-7-8-17(12-19(16)24-18)22-13-15-5-3-2-4-6-15/h2-8,11-12,22,24H,9-10,13-14H2,1H3,(H,23,25). The van der Waals surface area contributed by atoms with Crippen LogP contribution in [-0.4, -0.2) is 10.9 Å². The summed E-state index contributed by atoms with van der Waals surface area (Å²) in [5, 5.41) is 7.65. The fraction of sp³-hybridized carbons (Fsp3) is 0.286. The van der Waals surface area contributed by atoms with Crippen LogP contribution in [0.5, 0.6) is 0 Å². The zero-order valence-corrected chi connectivity index (χ0v) is 14.4. The normalized spacial score (nSPS) is 15.1. The second kappa shape index (κ2) is 6.28. The molecule has 1 aliphatic carbocycles. The molecular formula is C21H23N3O. The number of fused-ring (bicyclic) bond motifs is 1. The Labute approximate surface area is 147 Å². The van der Waals surface area contributed by atoms with E-state index >= 15 is 0 Å². The summed E-state index contributed by atoms with van der Waals surface area (Å²) in [5.74, 6) is 0.163. The number of nitrogens with one attached hydrogen (secondary N) is 3. The molecule has 1 amide bonds. The Kier molecular flexibility index (Phi) is 3.96. The maximum absolute atomic E-state index is 12.1. The number of carbonyl (C=O) groups excluding carboxylic acids is 1. The number of benzene rings is 2. The van der Waals surface area contributed by atoms with Crippen molar-refractivity contribution >= 4 is 22.5 Å². The summed E-state index contributed by atoms with van der Waals surface area (Å²) in [4.78, 5) is 15.5. The van der Waals surface area contributed by atoms with Gasteiger partial charge in [-0.15, -0.1) is 0 Å².